The van der Waals surface area contributed by atoms with E-state index in [4.69, 9.17) is 0 Å². The number of alkyl halides is 3. The van der Waals surface area contributed by atoms with Crippen LogP contribution in [0.1, 0.15) is 30.4 Å². The highest BCUT2D eigenvalue weighted by molar-refractivity contribution is 5.41. The molecule has 0 fully saturated rings. The van der Waals surface area contributed by atoms with Gasteiger partial charge in [-0.3, -0.25) is 0 Å². The first-order valence-corrected chi connectivity index (χ1v) is 6.61. The van der Waals surface area contributed by atoms with Crippen LogP contribution in [0.4, 0.5) is 13.2 Å². The average Bonchev–Trinajstić information content (AvgIpc) is 2.43. The minimum absolute atomic E-state index is 0.0542. The fraction of sp³-hybridized carbons (Fsp3) is 0.533. The smallest absolute Gasteiger partial charge is 0.372 e. The van der Waals surface area contributed by atoms with Gasteiger partial charge in [-0.25, -0.2) is 0 Å². The number of nitriles is 1. The molecule has 5 heteroatoms. The molecule has 0 saturated carbocycles. The Kier molecular flexibility index (Phi) is 4.34. The first-order valence-electron chi connectivity index (χ1n) is 6.61. The highest BCUT2D eigenvalue weighted by Crippen LogP contribution is 2.39. The summed E-state index contributed by atoms with van der Waals surface area (Å²) in [6, 6.07) is 9.99. The molecular weight excluding hydrogens is 267 g/mol. The maximum Gasteiger partial charge on any atom is 0.411 e. The number of aryl methyl sites for hydroxylation is 1. The second-order valence-corrected chi connectivity index (χ2v) is 5.12. The van der Waals surface area contributed by atoms with Crippen LogP contribution < -0.4 is 0 Å². The summed E-state index contributed by atoms with van der Waals surface area (Å²) in [5, 5.41) is 9.52. The summed E-state index contributed by atoms with van der Waals surface area (Å²) in [5.74, 6) is 0. The van der Waals surface area contributed by atoms with Crippen LogP contribution in [-0.2, 0) is 16.6 Å². The largest absolute Gasteiger partial charge is 0.411 e. The molecule has 0 amide bonds. The van der Waals surface area contributed by atoms with Crippen molar-refractivity contribution >= 4 is 0 Å². The van der Waals surface area contributed by atoms with E-state index in [2.05, 4.69) is 10.8 Å². The zero-order chi connectivity index (χ0) is 14.6. The third-order valence-electron chi connectivity index (χ3n) is 3.74. The Hall–Kier alpha value is -1.54. The van der Waals surface area contributed by atoms with Crippen LogP contribution in [0.25, 0.3) is 0 Å². The Morgan fingerprint density at radius 2 is 2.05 bits per heavy atom. The molecule has 2 nitrogen and oxygen atoms in total. The van der Waals surface area contributed by atoms with E-state index in [0.29, 0.717) is 12.8 Å². The Bertz CT molecular complexity index is 507. The Balaban J connectivity index is 2.06. The lowest BCUT2D eigenvalue weighted by Crippen LogP contribution is -2.31. The van der Waals surface area contributed by atoms with E-state index in [1.165, 1.54) is 0 Å². The van der Waals surface area contributed by atoms with Crippen LogP contribution in [0.5, 0.6) is 0 Å². The third-order valence-corrected chi connectivity index (χ3v) is 3.74. The van der Waals surface area contributed by atoms with Gasteiger partial charge in [0, 0.05) is 6.61 Å². The van der Waals surface area contributed by atoms with Crippen molar-refractivity contribution in [3.63, 3.8) is 0 Å². The second kappa shape index (κ2) is 5.84. The molecule has 0 N–H and O–H groups in total. The zero-order valence-electron chi connectivity index (χ0n) is 11.0. The Labute approximate surface area is 116 Å². The highest BCUT2D eigenvalue weighted by atomic mass is 19.4. The maximum absolute atomic E-state index is 12.0. The number of hydrogen-bond acceptors (Lipinski definition) is 2. The standard InChI is InChI=1S/C15H16F3NO/c16-15(17,18)11-20-9-8-14(10-19)7-3-5-12-4-1-2-6-13(12)14/h1-2,4,6H,3,5,7-9,11H2. The van der Waals surface area contributed by atoms with Crippen LogP contribution in [0.2, 0.25) is 0 Å². The normalized spacial score (nSPS) is 22.1. The molecule has 0 saturated heterocycles. The van der Waals surface area contributed by atoms with Crippen molar-refractivity contribution in [3.05, 3.63) is 35.4 Å². The fourth-order valence-corrected chi connectivity index (χ4v) is 2.79. The molecule has 1 aromatic rings. The first-order chi connectivity index (χ1) is 9.47. The zero-order valence-corrected chi connectivity index (χ0v) is 11.0. The molecule has 1 atom stereocenters. The average molecular weight is 283 g/mol. The molecule has 0 aromatic heterocycles. The van der Waals surface area contributed by atoms with Crippen molar-refractivity contribution in [2.75, 3.05) is 13.2 Å². The van der Waals surface area contributed by atoms with E-state index in [9.17, 15) is 18.4 Å². The van der Waals surface area contributed by atoms with E-state index in [1.54, 1.807) is 0 Å². The number of halogens is 3. The molecule has 0 heterocycles. The van der Waals surface area contributed by atoms with Gasteiger partial charge in [-0.05, 0) is 36.8 Å². The Morgan fingerprint density at radius 1 is 1.30 bits per heavy atom. The van der Waals surface area contributed by atoms with Crippen LogP contribution in [0.3, 0.4) is 0 Å². The van der Waals surface area contributed by atoms with Crippen LogP contribution in [-0.4, -0.2) is 19.4 Å². The minimum Gasteiger partial charge on any atom is -0.372 e. The summed E-state index contributed by atoms with van der Waals surface area (Å²) in [6.45, 7) is -1.31. The van der Waals surface area contributed by atoms with E-state index < -0.39 is 18.2 Å². The summed E-state index contributed by atoms with van der Waals surface area (Å²) in [7, 11) is 0. The molecule has 1 unspecified atom stereocenters. The van der Waals surface area contributed by atoms with E-state index in [1.807, 2.05) is 24.3 Å². The summed E-state index contributed by atoms with van der Waals surface area (Å²) in [6.07, 6.45) is -1.54. The van der Waals surface area contributed by atoms with Gasteiger partial charge in [0.1, 0.15) is 6.61 Å². The number of ether oxygens (including phenoxy) is 1. The lowest BCUT2D eigenvalue weighted by molar-refractivity contribution is -0.174. The molecule has 0 bridgehead atoms. The number of hydrogen-bond donors (Lipinski definition) is 0. The van der Waals surface area contributed by atoms with Crippen LogP contribution in [0, 0.1) is 11.3 Å². The number of rotatable bonds is 4. The minimum atomic E-state index is -4.32. The van der Waals surface area contributed by atoms with E-state index in [0.717, 1.165) is 24.0 Å². The molecule has 1 aliphatic rings. The van der Waals surface area contributed by atoms with Gasteiger partial charge in [0.05, 0.1) is 11.5 Å². The quantitative estimate of drug-likeness (QED) is 0.788. The summed E-state index contributed by atoms with van der Waals surface area (Å²) in [5.41, 5.74) is 1.36. The summed E-state index contributed by atoms with van der Waals surface area (Å²) in [4.78, 5) is 0. The van der Waals surface area contributed by atoms with Crippen molar-refractivity contribution in [1.82, 2.24) is 0 Å². The monoisotopic (exact) mass is 283 g/mol. The van der Waals surface area contributed by atoms with Crippen molar-refractivity contribution in [3.8, 4) is 6.07 Å². The van der Waals surface area contributed by atoms with Crippen molar-refractivity contribution in [2.45, 2.75) is 37.3 Å². The van der Waals surface area contributed by atoms with E-state index in [-0.39, 0.29) is 6.61 Å². The molecule has 0 spiro atoms. The number of fused-ring (bicyclic) bond motifs is 1. The van der Waals surface area contributed by atoms with Gasteiger partial charge >= 0.3 is 6.18 Å². The van der Waals surface area contributed by atoms with Gasteiger partial charge in [0.2, 0.25) is 0 Å². The predicted molar refractivity (Wildman–Crippen MR) is 68.2 cm³/mol. The van der Waals surface area contributed by atoms with Crippen molar-refractivity contribution in [1.29, 1.82) is 5.26 Å². The lowest BCUT2D eigenvalue weighted by atomic mass is 9.69. The number of nitrogens with zero attached hydrogens (tertiary/aromatic N) is 1. The van der Waals surface area contributed by atoms with Gasteiger partial charge in [0.25, 0.3) is 0 Å². The maximum atomic E-state index is 12.0. The molecule has 108 valence electrons. The lowest BCUT2D eigenvalue weighted by Gasteiger charge is -2.33. The van der Waals surface area contributed by atoms with Gasteiger partial charge < -0.3 is 4.74 Å². The topological polar surface area (TPSA) is 33.0 Å². The number of benzene rings is 1. The van der Waals surface area contributed by atoms with Crippen LogP contribution >= 0.6 is 0 Å². The Morgan fingerprint density at radius 3 is 2.75 bits per heavy atom. The first kappa shape index (κ1) is 14.9. The second-order valence-electron chi connectivity index (χ2n) is 5.12. The predicted octanol–water partition coefficient (Wildman–Crippen LogP) is 3.75. The molecule has 1 aliphatic carbocycles. The molecular formula is C15H16F3NO. The van der Waals surface area contributed by atoms with E-state index >= 15 is 0 Å². The van der Waals surface area contributed by atoms with Gasteiger partial charge in [0.15, 0.2) is 0 Å². The summed E-state index contributed by atoms with van der Waals surface area (Å²) >= 11 is 0. The van der Waals surface area contributed by atoms with Crippen molar-refractivity contribution in [2.24, 2.45) is 0 Å². The molecule has 0 aliphatic heterocycles. The highest BCUT2D eigenvalue weighted by Gasteiger charge is 2.36. The van der Waals surface area contributed by atoms with Gasteiger partial charge in [-0.1, -0.05) is 24.3 Å². The fourth-order valence-electron chi connectivity index (χ4n) is 2.79. The SMILES string of the molecule is N#CC1(CCOCC(F)(F)F)CCCc2ccccc21. The third kappa shape index (κ3) is 3.31. The van der Waals surface area contributed by atoms with Crippen molar-refractivity contribution < 1.29 is 17.9 Å². The summed E-state index contributed by atoms with van der Waals surface area (Å²) < 4.78 is 40.8. The molecule has 20 heavy (non-hydrogen) atoms. The molecule has 1 aromatic carbocycles. The van der Waals surface area contributed by atoms with Gasteiger partial charge in [-0.2, -0.15) is 18.4 Å². The molecule has 2 rings (SSSR count). The molecule has 0 radical (unpaired) electrons. The van der Waals surface area contributed by atoms with Crippen LogP contribution in [0.15, 0.2) is 24.3 Å². The van der Waals surface area contributed by atoms with Gasteiger partial charge in [-0.15, -0.1) is 0 Å².